The molecule has 0 bridgehead atoms. The zero-order chi connectivity index (χ0) is 12.8. The molecule has 18 heavy (non-hydrogen) atoms. The highest BCUT2D eigenvalue weighted by Gasteiger charge is 2.32. The van der Waals surface area contributed by atoms with Crippen LogP contribution < -0.4 is 5.32 Å². The maximum Gasteiger partial charge on any atom is 0.312 e. The van der Waals surface area contributed by atoms with Gasteiger partial charge in [0.25, 0.3) is 0 Å². The first-order valence-electron chi connectivity index (χ1n) is 6.24. The first-order valence-corrected chi connectivity index (χ1v) is 6.24. The van der Waals surface area contributed by atoms with E-state index in [1.807, 2.05) is 18.2 Å². The van der Waals surface area contributed by atoms with Crippen LogP contribution in [0.3, 0.4) is 0 Å². The molecule has 1 fully saturated rings. The van der Waals surface area contributed by atoms with Crippen molar-refractivity contribution in [3.05, 3.63) is 35.9 Å². The van der Waals surface area contributed by atoms with E-state index < -0.39 is 0 Å². The van der Waals surface area contributed by atoms with Gasteiger partial charge in [0.1, 0.15) is 0 Å². The second-order valence-corrected chi connectivity index (χ2v) is 4.47. The van der Waals surface area contributed by atoms with Gasteiger partial charge in [-0.25, -0.2) is 0 Å². The molecule has 2 rings (SSSR count). The third-order valence-electron chi connectivity index (χ3n) is 3.27. The van der Waals surface area contributed by atoms with E-state index in [1.54, 1.807) is 0 Å². The monoisotopic (exact) mass is 249 g/mol. The van der Waals surface area contributed by atoms with Crippen molar-refractivity contribution in [3.63, 3.8) is 0 Å². The summed E-state index contributed by atoms with van der Waals surface area (Å²) in [4.78, 5) is 11.6. The Morgan fingerprint density at radius 1 is 1.44 bits per heavy atom. The van der Waals surface area contributed by atoms with Crippen molar-refractivity contribution in [2.75, 3.05) is 20.3 Å². The molecule has 1 aliphatic rings. The number of carbonyl (C=O) groups is 1. The zero-order valence-corrected chi connectivity index (χ0v) is 10.6. The average molecular weight is 249 g/mol. The summed E-state index contributed by atoms with van der Waals surface area (Å²) < 4.78 is 10.2. The van der Waals surface area contributed by atoms with Crippen molar-refractivity contribution in [3.8, 4) is 0 Å². The van der Waals surface area contributed by atoms with Gasteiger partial charge in [-0.3, -0.25) is 4.79 Å². The minimum Gasteiger partial charge on any atom is -0.469 e. The first-order chi connectivity index (χ1) is 8.81. The van der Waals surface area contributed by atoms with Crippen LogP contribution in [0.5, 0.6) is 0 Å². The fourth-order valence-corrected chi connectivity index (χ4v) is 2.21. The summed E-state index contributed by atoms with van der Waals surface area (Å²) >= 11 is 0. The summed E-state index contributed by atoms with van der Waals surface area (Å²) in [5.41, 5.74) is 1.22. The molecule has 4 nitrogen and oxygen atoms in total. The molecule has 1 heterocycles. The maximum atomic E-state index is 11.6. The van der Waals surface area contributed by atoms with Gasteiger partial charge >= 0.3 is 5.97 Å². The molecular formula is C14H19NO3. The molecule has 0 aliphatic carbocycles. The minimum absolute atomic E-state index is 0.131. The predicted molar refractivity (Wildman–Crippen MR) is 68.0 cm³/mol. The van der Waals surface area contributed by atoms with Crippen molar-refractivity contribution >= 4 is 5.97 Å². The Balaban J connectivity index is 1.91. The minimum atomic E-state index is -0.201. The summed E-state index contributed by atoms with van der Waals surface area (Å²) in [6, 6.07) is 10.3. The Labute approximate surface area is 107 Å². The van der Waals surface area contributed by atoms with Crippen molar-refractivity contribution in [2.45, 2.75) is 19.0 Å². The highest BCUT2D eigenvalue weighted by molar-refractivity contribution is 5.73. The highest BCUT2D eigenvalue weighted by Crippen LogP contribution is 2.17. The summed E-state index contributed by atoms with van der Waals surface area (Å²) in [7, 11) is 1.42. The van der Waals surface area contributed by atoms with E-state index in [1.165, 1.54) is 12.7 Å². The number of benzene rings is 1. The van der Waals surface area contributed by atoms with Crippen LogP contribution >= 0.6 is 0 Å². The van der Waals surface area contributed by atoms with Gasteiger partial charge in [-0.2, -0.15) is 0 Å². The Bertz CT molecular complexity index is 380. The fraction of sp³-hybridized carbons (Fsp3) is 0.500. The van der Waals surface area contributed by atoms with E-state index in [-0.39, 0.29) is 17.9 Å². The maximum absolute atomic E-state index is 11.6. The number of carbonyl (C=O) groups excluding carboxylic acids is 1. The first kappa shape index (κ1) is 13.1. The van der Waals surface area contributed by atoms with Crippen LogP contribution in [-0.2, 0) is 20.8 Å². The number of ether oxygens (including phenoxy) is 2. The summed E-state index contributed by atoms with van der Waals surface area (Å²) in [6.07, 6.45) is 0.840. The largest absolute Gasteiger partial charge is 0.469 e. The number of nitrogens with one attached hydrogen (secondary N) is 1. The predicted octanol–water partition coefficient (Wildman–Crippen LogP) is 1.35. The third kappa shape index (κ3) is 3.31. The molecule has 1 N–H and O–H groups in total. The standard InChI is InChI=1S/C14H19NO3/c1-17-14(16)12-10-18-8-7-13(12)15-9-11-5-3-2-4-6-11/h2-6,12-13,15H,7-10H2,1H3. The van der Waals surface area contributed by atoms with Gasteiger partial charge in [-0.15, -0.1) is 0 Å². The van der Waals surface area contributed by atoms with E-state index in [0.717, 1.165) is 13.0 Å². The zero-order valence-electron chi connectivity index (χ0n) is 10.6. The third-order valence-corrected chi connectivity index (χ3v) is 3.27. The van der Waals surface area contributed by atoms with Crippen LogP contribution in [0.2, 0.25) is 0 Å². The van der Waals surface area contributed by atoms with Crippen LogP contribution in [0.25, 0.3) is 0 Å². The molecule has 2 unspecified atom stereocenters. The fourth-order valence-electron chi connectivity index (χ4n) is 2.21. The van der Waals surface area contributed by atoms with Crippen LogP contribution in [0.1, 0.15) is 12.0 Å². The summed E-state index contributed by atoms with van der Waals surface area (Å²) in [5.74, 6) is -0.396. The molecule has 1 saturated heterocycles. The Morgan fingerprint density at radius 3 is 2.94 bits per heavy atom. The van der Waals surface area contributed by atoms with E-state index in [4.69, 9.17) is 9.47 Å². The van der Waals surface area contributed by atoms with Crippen molar-refractivity contribution < 1.29 is 14.3 Å². The van der Waals surface area contributed by atoms with Gasteiger partial charge in [-0.1, -0.05) is 30.3 Å². The quantitative estimate of drug-likeness (QED) is 0.818. The van der Waals surface area contributed by atoms with Gasteiger partial charge in [0.05, 0.1) is 19.6 Å². The Hall–Kier alpha value is -1.39. The number of rotatable bonds is 4. The molecule has 2 atom stereocenters. The lowest BCUT2D eigenvalue weighted by atomic mass is 9.95. The van der Waals surface area contributed by atoms with Crippen LogP contribution in [0, 0.1) is 5.92 Å². The average Bonchev–Trinajstić information content (AvgIpc) is 2.45. The molecule has 1 aromatic carbocycles. The summed E-state index contributed by atoms with van der Waals surface area (Å²) in [6.45, 7) is 1.90. The van der Waals surface area contributed by atoms with Crippen LogP contribution in [-0.4, -0.2) is 32.3 Å². The molecule has 1 aromatic rings. The lowest BCUT2D eigenvalue weighted by Gasteiger charge is -2.30. The van der Waals surface area contributed by atoms with Gasteiger partial charge in [0.2, 0.25) is 0 Å². The number of hydrogen-bond donors (Lipinski definition) is 1. The molecular weight excluding hydrogens is 230 g/mol. The van der Waals surface area contributed by atoms with Crippen molar-refractivity contribution in [1.82, 2.24) is 5.32 Å². The number of methoxy groups -OCH3 is 1. The van der Waals surface area contributed by atoms with Crippen LogP contribution in [0.4, 0.5) is 0 Å². The van der Waals surface area contributed by atoms with Crippen molar-refractivity contribution in [1.29, 1.82) is 0 Å². The number of hydrogen-bond acceptors (Lipinski definition) is 4. The topological polar surface area (TPSA) is 47.6 Å². The molecule has 0 radical (unpaired) electrons. The molecule has 0 aromatic heterocycles. The normalized spacial score (nSPS) is 23.6. The summed E-state index contributed by atoms with van der Waals surface area (Å²) in [5, 5.41) is 3.42. The van der Waals surface area contributed by atoms with E-state index in [2.05, 4.69) is 17.4 Å². The number of esters is 1. The van der Waals surface area contributed by atoms with Crippen LogP contribution in [0.15, 0.2) is 30.3 Å². The van der Waals surface area contributed by atoms with Gasteiger partial charge < -0.3 is 14.8 Å². The second kappa shape index (κ2) is 6.52. The second-order valence-electron chi connectivity index (χ2n) is 4.47. The highest BCUT2D eigenvalue weighted by atomic mass is 16.5. The van der Waals surface area contributed by atoms with E-state index in [0.29, 0.717) is 13.2 Å². The van der Waals surface area contributed by atoms with Gasteiger partial charge in [-0.05, 0) is 12.0 Å². The molecule has 4 heteroatoms. The molecule has 0 saturated carbocycles. The molecule has 98 valence electrons. The smallest absolute Gasteiger partial charge is 0.312 e. The van der Waals surface area contributed by atoms with Gasteiger partial charge in [0.15, 0.2) is 0 Å². The van der Waals surface area contributed by atoms with Gasteiger partial charge in [0, 0.05) is 19.2 Å². The van der Waals surface area contributed by atoms with Crippen molar-refractivity contribution in [2.24, 2.45) is 5.92 Å². The lowest BCUT2D eigenvalue weighted by Crippen LogP contribution is -2.46. The van der Waals surface area contributed by atoms with E-state index in [9.17, 15) is 4.79 Å². The molecule has 0 spiro atoms. The molecule has 1 aliphatic heterocycles. The van der Waals surface area contributed by atoms with E-state index >= 15 is 0 Å². The SMILES string of the molecule is COC(=O)C1COCCC1NCc1ccccc1. The lowest BCUT2D eigenvalue weighted by molar-refractivity contribution is -0.151. The Kier molecular flexibility index (Phi) is 4.73. The molecule has 0 amide bonds. The Morgan fingerprint density at radius 2 is 2.22 bits per heavy atom.